The van der Waals surface area contributed by atoms with Crippen molar-refractivity contribution < 1.29 is 0 Å². The number of thioether (sulfide) groups is 1. The fraction of sp³-hybridized carbons (Fsp3) is 0.118. The van der Waals surface area contributed by atoms with Gasteiger partial charge in [0.2, 0.25) is 5.16 Å². The molecule has 4 heterocycles. The molecule has 8 nitrogen and oxygen atoms in total. The molecule has 0 aliphatic rings. The largest absolute Gasteiger partial charge is 0.335 e. The van der Waals surface area contributed by atoms with Crippen molar-refractivity contribution >= 4 is 17.4 Å². The van der Waals surface area contributed by atoms with Gasteiger partial charge < -0.3 is 5.84 Å². The molecule has 9 heteroatoms. The Balaban J connectivity index is 1.58. The summed E-state index contributed by atoms with van der Waals surface area (Å²) in [7, 11) is 0. The van der Waals surface area contributed by atoms with E-state index in [1.54, 1.807) is 18.6 Å². The van der Waals surface area contributed by atoms with Crippen molar-refractivity contribution in [1.82, 2.24) is 29.2 Å². The van der Waals surface area contributed by atoms with Crippen molar-refractivity contribution in [2.45, 2.75) is 17.8 Å². The summed E-state index contributed by atoms with van der Waals surface area (Å²) >= 11 is 1.37. The van der Waals surface area contributed by atoms with Crippen LogP contribution in [0.5, 0.6) is 0 Å². The van der Waals surface area contributed by atoms with E-state index in [-0.39, 0.29) is 5.56 Å². The fourth-order valence-corrected chi connectivity index (χ4v) is 3.29. The van der Waals surface area contributed by atoms with Crippen LogP contribution in [0.1, 0.15) is 11.3 Å². The Hall–Kier alpha value is -3.20. The maximum atomic E-state index is 12.3. The van der Waals surface area contributed by atoms with Crippen LogP contribution in [0.3, 0.4) is 0 Å². The molecule has 4 aromatic rings. The molecule has 0 fully saturated rings. The monoisotopic (exact) mass is 365 g/mol. The van der Waals surface area contributed by atoms with Gasteiger partial charge in [0.05, 0.1) is 5.69 Å². The van der Waals surface area contributed by atoms with Gasteiger partial charge in [0.25, 0.3) is 5.56 Å². The quantitative estimate of drug-likeness (QED) is 0.433. The Labute approximate surface area is 152 Å². The summed E-state index contributed by atoms with van der Waals surface area (Å²) in [5.74, 6) is 7.08. The van der Waals surface area contributed by atoms with Gasteiger partial charge in [-0.1, -0.05) is 17.8 Å². The van der Waals surface area contributed by atoms with Crippen LogP contribution in [0.2, 0.25) is 0 Å². The first-order valence-electron chi connectivity index (χ1n) is 7.84. The van der Waals surface area contributed by atoms with Crippen LogP contribution in [0.25, 0.3) is 17.0 Å². The minimum atomic E-state index is -0.112. The molecule has 0 amide bonds. The zero-order chi connectivity index (χ0) is 18.1. The Morgan fingerprint density at radius 2 is 2.12 bits per heavy atom. The maximum absolute atomic E-state index is 12.3. The third-order valence-electron chi connectivity index (χ3n) is 3.79. The van der Waals surface area contributed by atoms with Crippen LogP contribution >= 0.6 is 11.8 Å². The molecule has 26 heavy (non-hydrogen) atoms. The molecule has 0 unspecified atom stereocenters. The van der Waals surface area contributed by atoms with Crippen LogP contribution in [-0.4, -0.2) is 29.2 Å². The van der Waals surface area contributed by atoms with Crippen LogP contribution in [0, 0.1) is 6.92 Å². The van der Waals surface area contributed by atoms with E-state index in [2.05, 4.69) is 20.2 Å². The lowest BCUT2D eigenvalue weighted by molar-refractivity contribution is 0.848. The third kappa shape index (κ3) is 3.04. The van der Waals surface area contributed by atoms with E-state index in [9.17, 15) is 4.79 Å². The lowest BCUT2D eigenvalue weighted by Crippen LogP contribution is -2.15. The third-order valence-corrected chi connectivity index (χ3v) is 4.77. The number of aryl methyl sites for hydroxylation is 1. The molecular formula is C17H15N7OS. The molecule has 0 spiro atoms. The van der Waals surface area contributed by atoms with Crippen LogP contribution in [0.4, 0.5) is 0 Å². The zero-order valence-electron chi connectivity index (χ0n) is 13.9. The SMILES string of the molecule is Cc1ccc2nc(CSc3nnc(-c4cccnc4)n3N)cc(=O)n2c1. The number of aromatic nitrogens is 6. The van der Waals surface area contributed by atoms with E-state index in [4.69, 9.17) is 5.84 Å². The second kappa shape index (κ2) is 6.60. The van der Waals surface area contributed by atoms with Gasteiger partial charge in [-0.05, 0) is 30.7 Å². The molecule has 4 aromatic heterocycles. The van der Waals surface area contributed by atoms with E-state index in [0.717, 1.165) is 11.1 Å². The summed E-state index contributed by atoms with van der Waals surface area (Å²) < 4.78 is 2.95. The highest BCUT2D eigenvalue weighted by Crippen LogP contribution is 2.23. The first kappa shape index (κ1) is 16.3. The van der Waals surface area contributed by atoms with Gasteiger partial charge >= 0.3 is 0 Å². The molecule has 0 aromatic carbocycles. The summed E-state index contributed by atoms with van der Waals surface area (Å²) in [5.41, 5.74) is 2.95. The molecule has 0 saturated heterocycles. The predicted octanol–water partition coefficient (Wildman–Crippen LogP) is 1.66. The highest BCUT2D eigenvalue weighted by Gasteiger charge is 2.13. The average Bonchev–Trinajstić information content (AvgIpc) is 3.02. The highest BCUT2D eigenvalue weighted by molar-refractivity contribution is 7.98. The number of nitrogens with zero attached hydrogens (tertiary/aromatic N) is 6. The Kier molecular flexibility index (Phi) is 4.13. The van der Waals surface area contributed by atoms with Crippen molar-refractivity contribution in [3.8, 4) is 11.4 Å². The van der Waals surface area contributed by atoms with E-state index in [0.29, 0.717) is 28.1 Å². The van der Waals surface area contributed by atoms with Crippen LogP contribution in [0.15, 0.2) is 58.9 Å². The first-order chi connectivity index (χ1) is 12.6. The Bertz CT molecular complexity index is 1140. The number of nitrogens with two attached hydrogens (primary N) is 1. The second-order valence-corrected chi connectivity index (χ2v) is 6.67. The maximum Gasteiger partial charge on any atom is 0.258 e. The zero-order valence-corrected chi connectivity index (χ0v) is 14.7. The number of nitrogen functional groups attached to an aromatic ring is 1. The second-order valence-electron chi connectivity index (χ2n) is 5.73. The molecule has 0 saturated carbocycles. The molecule has 0 atom stereocenters. The van der Waals surface area contributed by atoms with Gasteiger partial charge in [0.15, 0.2) is 5.82 Å². The molecule has 0 radical (unpaired) electrons. The van der Waals surface area contributed by atoms with Gasteiger partial charge in [-0.15, -0.1) is 10.2 Å². The van der Waals surface area contributed by atoms with Crippen molar-refractivity contribution in [2.24, 2.45) is 0 Å². The van der Waals surface area contributed by atoms with Gasteiger partial charge in [0, 0.05) is 36.0 Å². The molecule has 4 rings (SSSR count). The molecule has 0 aliphatic carbocycles. The van der Waals surface area contributed by atoms with Crippen molar-refractivity contribution in [1.29, 1.82) is 0 Å². The normalized spacial score (nSPS) is 11.1. The van der Waals surface area contributed by atoms with E-state index in [1.807, 2.05) is 31.2 Å². The summed E-state index contributed by atoms with van der Waals surface area (Å²) in [6.07, 6.45) is 5.13. The minimum absolute atomic E-state index is 0.112. The predicted molar refractivity (Wildman–Crippen MR) is 99.2 cm³/mol. The molecule has 0 bridgehead atoms. The average molecular weight is 365 g/mol. The number of hydrogen-bond donors (Lipinski definition) is 1. The minimum Gasteiger partial charge on any atom is -0.335 e. The molecule has 0 aliphatic heterocycles. The van der Waals surface area contributed by atoms with Gasteiger partial charge in [0.1, 0.15) is 5.65 Å². The standard InChI is InChI=1S/C17H15N7OS/c1-11-4-5-14-20-13(7-15(25)23(14)9-11)10-26-17-22-21-16(24(17)18)12-3-2-6-19-8-12/h2-9H,10,18H2,1H3. The van der Waals surface area contributed by atoms with Gasteiger partial charge in [-0.3, -0.25) is 14.2 Å². The number of rotatable bonds is 4. The van der Waals surface area contributed by atoms with Crippen molar-refractivity contribution in [3.05, 3.63) is 70.5 Å². The topological polar surface area (TPSA) is 104 Å². The van der Waals surface area contributed by atoms with Crippen molar-refractivity contribution in [2.75, 3.05) is 5.84 Å². The van der Waals surface area contributed by atoms with E-state index >= 15 is 0 Å². The summed E-state index contributed by atoms with van der Waals surface area (Å²) in [6, 6.07) is 8.96. The lowest BCUT2D eigenvalue weighted by Gasteiger charge is -2.05. The molecule has 130 valence electrons. The van der Waals surface area contributed by atoms with Gasteiger partial charge in [-0.2, -0.15) is 0 Å². The Morgan fingerprint density at radius 1 is 1.23 bits per heavy atom. The van der Waals surface area contributed by atoms with Crippen molar-refractivity contribution in [3.63, 3.8) is 0 Å². The Morgan fingerprint density at radius 3 is 2.92 bits per heavy atom. The number of fused-ring (bicyclic) bond motifs is 1. The van der Waals surface area contributed by atoms with Crippen LogP contribution < -0.4 is 11.4 Å². The van der Waals surface area contributed by atoms with E-state index < -0.39 is 0 Å². The fourth-order valence-electron chi connectivity index (χ4n) is 2.54. The summed E-state index contributed by atoms with van der Waals surface area (Å²) in [4.78, 5) is 20.8. The number of pyridine rings is 2. The highest BCUT2D eigenvalue weighted by atomic mass is 32.2. The summed E-state index contributed by atoms with van der Waals surface area (Å²) in [5, 5.41) is 8.77. The molecule has 2 N–H and O–H groups in total. The summed E-state index contributed by atoms with van der Waals surface area (Å²) in [6.45, 7) is 1.93. The van der Waals surface area contributed by atoms with Gasteiger partial charge in [-0.25, -0.2) is 9.66 Å². The molecular weight excluding hydrogens is 350 g/mol. The smallest absolute Gasteiger partial charge is 0.258 e. The lowest BCUT2D eigenvalue weighted by atomic mass is 10.3. The van der Waals surface area contributed by atoms with Crippen LogP contribution in [-0.2, 0) is 5.75 Å². The number of hydrogen-bond acceptors (Lipinski definition) is 7. The first-order valence-corrected chi connectivity index (χ1v) is 8.83. The van der Waals surface area contributed by atoms with E-state index in [1.165, 1.54) is 26.9 Å².